The van der Waals surface area contributed by atoms with Crippen LogP contribution in [0.3, 0.4) is 0 Å². The molecule has 0 aliphatic heterocycles. The smallest absolute Gasteiger partial charge is 0.0581 e. The van der Waals surface area contributed by atoms with Crippen LogP contribution in [0, 0.1) is 11.8 Å². The number of allylic oxidation sites excluding steroid dienone is 2. The second-order valence-corrected chi connectivity index (χ2v) is 12.7. The molecule has 0 spiro atoms. The third kappa shape index (κ3) is 2.24. The van der Waals surface area contributed by atoms with Gasteiger partial charge >= 0.3 is 0 Å². The van der Waals surface area contributed by atoms with Gasteiger partial charge in [0.1, 0.15) is 0 Å². The van der Waals surface area contributed by atoms with Crippen LogP contribution < -0.4 is 0 Å². The van der Waals surface area contributed by atoms with Crippen molar-refractivity contribution in [3.05, 3.63) is 11.1 Å². The molecule has 18 heavy (non-hydrogen) atoms. The van der Waals surface area contributed by atoms with Gasteiger partial charge in [-0.3, -0.25) is 0 Å². The molecule has 1 fully saturated rings. The maximum atomic E-state index is 2.69. The lowest BCUT2D eigenvalue weighted by molar-refractivity contribution is 0.448. The van der Waals surface area contributed by atoms with Gasteiger partial charge in [0.25, 0.3) is 0 Å². The molecule has 1 saturated carbocycles. The minimum absolute atomic E-state index is 0.824. The second-order valence-electron chi connectivity index (χ2n) is 7.65. The molecule has 0 bridgehead atoms. The highest BCUT2D eigenvalue weighted by Gasteiger charge is 2.47. The largest absolute Gasteiger partial charge is 0.0734 e. The summed E-state index contributed by atoms with van der Waals surface area (Å²) in [7, 11) is -1.14. The van der Waals surface area contributed by atoms with E-state index in [1.807, 2.05) is 0 Å². The van der Waals surface area contributed by atoms with Crippen molar-refractivity contribution in [1.29, 1.82) is 0 Å². The number of hydrogen-bond donors (Lipinski definition) is 0. The van der Waals surface area contributed by atoms with Crippen molar-refractivity contribution in [3.63, 3.8) is 0 Å². The van der Waals surface area contributed by atoms with Gasteiger partial charge in [0.2, 0.25) is 0 Å². The van der Waals surface area contributed by atoms with Crippen molar-refractivity contribution < 1.29 is 0 Å². The molecule has 0 aromatic rings. The molecule has 0 unspecified atom stereocenters. The van der Waals surface area contributed by atoms with E-state index in [1.165, 1.54) is 32.1 Å². The van der Waals surface area contributed by atoms with Crippen molar-refractivity contribution in [1.82, 2.24) is 0 Å². The zero-order valence-electron chi connectivity index (χ0n) is 13.3. The first-order valence-corrected chi connectivity index (χ1v) is 11.2. The summed E-state index contributed by atoms with van der Waals surface area (Å²) >= 11 is 0. The van der Waals surface area contributed by atoms with Crippen molar-refractivity contribution in [2.45, 2.75) is 84.0 Å². The molecule has 0 amide bonds. The highest BCUT2D eigenvalue weighted by molar-refractivity contribution is 6.81. The van der Waals surface area contributed by atoms with Crippen molar-refractivity contribution in [3.8, 4) is 0 Å². The predicted octanol–water partition coefficient (Wildman–Crippen LogP) is 6.02. The summed E-state index contributed by atoms with van der Waals surface area (Å²) < 4.78 is 0. The second kappa shape index (κ2) is 5.15. The number of hydrogen-bond acceptors (Lipinski definition) is 0. The summed E-state index contributed by atoms with van der Waals surface area (Å²) in [5, 5.41) is 0. The van der Waals surface area contributed by atoms with Crippen molar-refractivity contribution in [2.24, 2.45) is 11.8 Å². The summed E-state index contributed by atoms with van der Waals surface area (Å²) in [6, 6.07) is 0. The molecule has 0 N–H and O–H groups in total. The minimum Gasteiger partial charge on any atom is -0.0734 e. The van der Waals surface area contributed by atoms with Gasteiger partial charge in [-0.25, -0.2) is 0 Å². The highest BCUT2D eigenvalue weighted by Crippen LogP contribution is 2.55. The molecule has 0 aromatic heterocycles. The Balaban J connectivity index is 2.24. The molecule has 2 rings (SSSR count). The molecule has 2 aliphatic rings. The third-order valence-corrected chi connectivity index (χ3v) is 11.8. The number of rotatable bonds is 2. The molecular formula is C17H32Si. The van der Waals surface area contributed by atoms with Gasteiger partial charge in [0, 0.05) is 0 Å². The Morgan fingerprint density at radius 1 is 0.889 bits per heavy atom. The van der Waals surface area contributed by atoms with Crippen LogP contribution in [0.15, 0.2) is 11.1 Å². The molecule has 0 nitrogen and oxygen atoms in total. The highest BCUT2D eigenvalue weighted by atomic mass is 28.3. The van der Waals surface area contributed by atoms with Crippen LogP contribution in [0.25, 0.3) is 0 Å². The van der Waals surface area contributed by atoms with E-state index in [0.717, 1.165) is 22.9 Å². The van der Waals surface area contributed by atoms with Gasteiger partial charge < -0.3 is 0 Å². The lowest BCUT2D eigenvalue weighted by atomic mass is 9.95. The van der Waals surface area contributed by atoms with Crippen LogP contribution in [0.2, 0.25) is 24.2 Å². The van der Waals surface area contributed by atoms with Crippen molar-refractivity contribution in [2.75, 3.05) is 0 Å². The van der Waals surface area contributed by atoms with E-state index in [4.69, 9.17) is 0 Å². The minimum atomic E-state index is -1.14. The molecule has 0 saturated heterocycles. The van der Waals surface area contributed by atoms with Gasteiger partial charge in [0.15, 0.2) is 0 Å². The maximum Gasteiger partial charge on any atom is 0.0581 e. The fourth-order valence-electron chi connectivity index (χ4n) is 5.02. The van der Waals surface area contributed by atoms with E-state index in [0.29, 0.717) is 0 Å². The van der Waals surface area contributed by atoms with Gasteiger partial charge in [-0.15, -0.1) is 0 Å². The van der Waals surface area contributed by atoms with Crippen LogP contribution >= 0.6 is 0 Å². The first-order chi connectivity index (χ1) is 8.37. The Hall–Kier alpha value is -0.0431. The lowest BCUT2D eigenvalue weighted by Crippen LogP contribution is -2.41. The molecule has 0 aromatic carbocycles. The summed E-state index contributed by atoms with van der Waals surface area (Å²) in [5.74, 6) is 1.72. The van der Waals surface area contributed by atoms with Crippen LogP contribution in [-0.4, -0.2) is 8.07 Å². The summed E-state index contributed by atoms with van der Waals surface area (Å²) in [6.07, 6.45) is 7.55. The molecule has 2 aliphatic carbocycles. The van der Waals surface area contributed by atoms with Gasteiger partial charge in [0.05, 0.1) is 8.07 Å². The molecule has 3 atom stereocenters. The maximum absolute atomic E-state index is 2.69. The Bertz CT molecular complexity index is 334. The van der Waals surface area contributed by atoms with E-state index in [-0.39, 0.29) is 0 Å². The first-order valence-electron chi connectivity index (χ1n) is 8.04. The van der Waals surface area contributed by atoms with Gasteiger partial charge in [-0.1, -0.05) is 70.2 Å². The van der Waals surface area contributed by atoms with Gasteiger partial charge in [-0.05, 0) is 36.8 Å². The summed E-state index contributed by atoms with van der Waals surface area (Å²) in [5.41, 5.74) is 5.53. The average Bonchev–Trinajstić information content (AvgIpc) is 2.55. The van der Waals surface area contributed by atoms with Gasteiger partial charge in [-0.2, -0.15) is 0 Å². The fraction of sp³-hybridized carbons (Fsp3) is 0.882. The third-order valence-electron chi connectivity index (χ3n) is 6.54. The predicted molar refractivity (Wildman–Crippen MR) is 84.8 cm³/mol. The molecule has 104 valence electrons. The van der Waals surface area contributed by atoms with Crippen LogP contribution in [-0.2, 0) is 0 Å². The summed E-state index contributed by atoms with van der Waals surface area (Å²) in [6.45, 7) is 15.2. The van der Waals surface area contributed by atoms with E-state index in [2.05, 4.69) is 40.8 Å². The molecule has 0 heterocycles. The fourth-order valence-corrected chi connectivity index (χ4v) is 10.4. The van der Waals surface area contributed by atoms with Crippen molar-refractivity contribution >= 4 is 8.07 Å². The van der Waals surface area contributed by atoms with Crippen LogP contribution in [0.4, 0.5) is 0 Å². The Morgan fingerprint density at radius 2 is 1.44 bits per heavy atom. The zero-order chi connectivity index (χ0) is 13.5. The summed E-state index contributed by atoms with van der Waals surface area (Å²) in [4.78, 5) is 0. The SMILES string of the molecule is CC1=C(C)[C@@H]([Si](C)(C)C2CCCCC2)[C@H](C)[C@@H]1C. The topological polar surface area (TPSA) is 0 Å². The first kappa shape index (κ1) is 14.4. The average molecular weight is 265 g/mol. The lowest BCUT2D eigenvalue weighted by Gasteiger charge is -2.43. The van der Waals surface area contributed by atoms with E-state index in [9.17, 15) is 0 Å². The standard InChI is InChI=1S/C17H32Si/c1-12-13(2)15(4)17(14(12)3)18(5,6)16-10-8-7-9-11-16/h12,14,16-17H,7-11H2,1-6H3/t12-,14-,17+/m1/s1. The van der Waals surface area contributed by atoms with E-state index in [1.54, 1.807) is 11.1 Å². The molecular weight excluding hydrogens is 232 g/mol. The molecule has 1 heteroatoms. The van der Waals surface area contributed by atoms with Crippen LogP contribution in [0.1, 0.15) is 59.8 Å². The molecule has 0 radical (unpaired) electrons. The van der Waals surface area contributed by atoms with E-state index < -0.39 is 8.07 Å². The quantitative estimate of drug-likeness (QED) is 0.422. The normalized spacial score (nSPS) is 35.3. The Labute approximate surface area is 115 Å². The Morgan fingerprint density at radius 3 is 1.89 bits per heavy atom. The zero-order valence-corrected chi connectivity index (χ0v) is 14.3. The van der Waals surface area contributed by atoms with E-state index >= 15 is 0 Å². The Kier molecular flexibility index (Phi) is 4.11. The van der Waals surface area contributed by atoms with Crippen LogP contribution in [0.5, 0.6) is 0 Å². The monoisotopic (exact) mass is 264 g/mol.